The van der Waals surface area contributed by atoms with E-state index in [-0.39, 0.29) is 6.23 Å². The minimum Gasteiger partial charge on any atom is -0.362 e. The van der Waals surface area contributed by atoms with Crippen molar-refractivity contribution in [2.45, 2.75) is 39.8 Å². The fourth-order valence-electron chi connectivity index (χ4n) is 2.06. The van der Waals surface area contributed by atoms with Crippen LogP contribution in [0, 0.1) is 11.3 Å². The van der Waals surface area contributed by atoms with E-state index in [4.69, 9.17) is 4.74 Å². The van der Waals surface area contributed by atoms with Crippen LogP contribution in [0.3, 0.4) is 0 Å². The van der Waals surface area contributed by atoms with Crippen molar-refractivity contribution >= 4 is 0 Å². The van der Waals surface area contributed by atoms with Crippen LogP contribution in [0.1, 0.15) is 33.6 Å². The molecule has 0 aromatic rings. The van der Waals surface area contributed by atoms with Crippen LogP contribution in [-0.2, 0) is 4.74 Å². The van der Waals surface area contributed by atoms with E-state index in [9.17, 15) is 0 Å². The van der Waals surface area contributed by atoms with Gasteiger partial charge in [-0.1, -0.05) is 26.8 Å². The smallest absolute Gasteiger partial charge is 0.149 e. The average Bonchev–Trinajstić information content (AvgIpc) is 2.96. The first kappa shape index (κ1) is 10.7. The Morgan fingerprint density at radius 3 is 2.60 bits per heavy atom. The lowest BCUT2D eigenvalue weighted by molar-refractivity contribution is 0.106. The summed E-state index contributed by atoms with van der Waals surface area (Å²) in [4.78, 5) is 0. The van der Waals surface area contributed by atoms with Crippen LogP contribution < -0.4 is 5.32 Å². The summed E-state index contributed by atoms with van der Waals surface area (Å²) in [6, 6.07) is 0. The van der Waals surface area contributed by atoms with Gasteiger partial charge in [-0.15, -0.1) is 0 Å². The Balaban J connectivity index is 2.21. The molecule has 1 atom stereocenters. The number of rotatable bonds is 3. The minimum absolute atomic E-state index is 0.0658. The maximum atomic E-state index is 5.42. The van der Waals surface area contributed by atoms with Gasteiger partial charge in [0, 0.05) is 13.3 Å². The highest BCUT2D eigenvalue weighted by Gasteiger charge is 2.41. The van der Waals surface area contributed by atoms with Gasteiger partial charge in [-0.25, -0.2) is 0 Å². The zero-order valence-corrected chi connectivity index (χ0v) is 10.1. The molecule has 1 aliphatic carbocycles. The summed E-state index contributed by atoms with van der Waals surface area (Å²) in [5.74, 6) is 0.536. The van der Waals surface area contributed by atoms with E-state index in [0.717, 1.165) is 0 Å². The fraction of sp³-hybridized carbons (Fsp3) is 0.692. The molecule has 1 heterocycles. The Morgan fingerprint density at radius 2 is 2.13 bits per heavy atom. The third-order valence-electron chi connectivity index (χ3n) is 3.61. The Hall–Kier alpha value is -0.760. The summed E-state index contributed by atoms with van der Waals surface area (Å²) in [6.45, 7) is 6.78. The lowest BCUT2D eigenvalue weighted by atomic mass is 9.90. The number of methoxy groups -OCH3 is 1. The van der Waals surface area contributed by atoms with Crippen molar-refractivity contribution < 1.29 is 4.74 Å². The Morgan fingerprint density at radius 1 is 1.47 bits per heavy atom. The molecule has 1 aliphatic heterocycles. The topological polar surface area (TPSA) is 21.3 Å². The van der Waals surface area contributed by atoms with E-state index in [1.807, 2.05) is 0 Å². The summed E-state index contributed by atoms with van der Waals surface area (Å²) < 4.78 is 5.42. The van der Waals surface area contributed by atoms with Crippen LogP contribution in [0.5, 0.6) is 0 Å². The van der Waals surface area contributed by atoms with Crippen molar-refractivity contribution in [3.63, 3.8) is 0 Å². The van der Waals surface area contributed by atoms with E-state index < -0.39 is 0 Å². The second-order valence-electron chi connectivity index (χ2n) is 5.24. The Kier molecular flexibility index (Phi) is 2.63. The predicted molar refractivity (Wildman–Crippen MR) is 62.3 cm³/mol. The molecule has 84 valence electrons. The van der Waals surface area contributed by atoms with Crippen LogP contribution >= 0.6 is 0 Å². The van der Waals surface area contributed by atoms with Crippen molar-refractivity contribution in [1.82, 2.24) is 5.32 Å². The lowest BCUT2D eigenvalue weighted by Gasteiger charge is -2.28. The molecule has 0 amide bonds. The van der Waals surface area contributed by atoms with Crippen molar-refractivity contribution in [1.29, 1.82) is 0 Å². The van der Waals surface area contributed by atoms with E-state index >= 15 is 0 Å². The summed E-state index contributed by atoms with van der Waals surface area (Å²) >= 11 is 0. The van der Waals surface area contributed by atoms with Gasteiger partial charge in [0.25, 0.3) is 0 Å². The summed E-state index contributed by atoms with van der Waals surface area (Å²) in [6.07, 6.45) is 7.17. The Bertz CT molecular complexity index is 310. The molecule has 0 bridgehead atoms. The molecule has 1 saturated carbocycles. The standard InChI is InChI=1S/C13H21NO/c1-9(2)11-7-10(13(3)5-6-13)8-14-12(11)15-4/h7-9,12,14H,5-6H2,1-4H3. The lowest BCUT2D eigenvalue weighted by Crippen LogP contribution is -2.34. The first-order chi connectivity index (χ1) is 7.07. The van der Waals surface area contributed by atoms with Crippen LogP contribution in [0.25, 0.3) is 0 Å². The monoisotopic (exact) mass is 207 g/mol. The van der Waals surface area contributed by atoms with Gasteiger partial charge < -0.3 is 10.1 Å². The van der Waals surface area contributed by atoms with Crippen LogP contribution in [0.15, 0.2) is 23.4 Å². The fourth-order valence-corrected chi connectivity index (χ4v) is 2.06. The molecule has 0 saturated heterocycles. The molecule has 2 nitrogen and oxygen atoms in total. The largest absolute Gasteiger partial charge is 0.362 e. The van der Waals surface area contributed by atoms with Gasteiger partial charge in [-0.2, -0.15) is 0 Å². The third-order valence-corrected chi connectivity index (χ3v) is 3.61. The molecule has 2 heteroatoms. The molecule has 15 heavy (non-hydrogen) atoms. The van der Waals surface area contributed by atoms with E-state index in [1.165, 1.54) is 24.0 Å². The highest BCUT2D eigenvalue weighted by Crippen LogP contribution is 2.52. The van der Waals surface area contributed by atoms with Gasteiger partial charge in [0.1, 0.15) is 6.23 Å². The molecule has 0 spiro atoms. The molecular weight excluding hydrogens is 186 g/mol. The second-order valence-corrected chi connectivity index (χ2v) is 5.24. The number of nitrogens with one attached hydrogen (secondary N) is 1. The van der Waals surface area contributed by atoms with Gasteiger partial charge in [0.05, 0.1) is 0 Å². The molecular formula is C13H21NO. The maximum absolute atomic E-state index is 5.42. The zero-order valence-electron chi connectivity index (χ0n) is 10.1. The SMILES string of the molecule is COC1NC=C(C2(C)CC2)C=C1C(C)C. The number of hydrogen-bond donors (Lipinski definition) is 1. The van der Waals surface area contributed by atoms with Crippen LogP contribution in [-0.4, -0.2) is 13.3 Å². The molecule has 1 fully saturated rings. The van der Waals surface area contributed by atoms with Gasteiger partial charge in [0.15, 0.2) is 0 Å². The summed E-state index contributed by atoms with van der Waals surface area (Å²) in [5.41, 5.74) is 3.24. The molecule has 0 aromatic carbocycles. The first-order valence-corrected chi connectivity index (χ1v) is 5.78. The van der Waals surface area contributed by atoms with E-state index in [1.54, 1.807) is 7.11 Å². The van der Waals surface area contributed by atoms with Gasteiger partial charge in [-0.05, 0) is 35.3 Å². The van der Waals surface area contributed by atoms with Gasteiger partial charge in [0.2, 0.25) is 0 Å². The maximum Gasteiger partial charge on any atom is 0.149 e. The van der Waals surface area contributed by atoms with Crippen molar-refractivity contribution in [3.05, 3.63) is 23.4 Å². The van der Waals surface area contributed by atoms with Crippen LogP contribution in [0.4, 0.5) is 0 Å². The van der Waals surface area contributed by atoms with Crippen molar-refractivity contribution in [2.24, 2.45) is 11.3 Å². The van der Waals surface area contributed by atoms with E-state index in [2.05, 4.69) is 38.4 Å². The minimum atomic E-state index is 0.0658. The molecule has 2 rings (SSSR count). The van der Waals surface area contributed by atoms with E-state index in [0.29, 0.717) is 11.3 Å². The zero-order chi connectivity index (χ0) is 11.1. The average molecular weight is 207 g/mol. The molecule has 2 aliphatic rings. The number of dihydropyridines is 1. The third kappa shape index (κ3) is 1.96. The molecule has 0 radical (unpaired) electrons. The van der Waals surface area contributed by atoms with Crippen molar-refractivity contribution in [2.75, 3.05) is 7.11 Å². The van der Waals surface area contributed by atoms with Gasteiger partial charge in [-0.3, -0.25) is 0 Å². The highest BCUT2D eigenvalue weighted by atomic mass is 16.5. The molecule has 1 unspecified atom stereocenters. The molecule has 1 N–H and O–H groups in total. The normalized spacial score (nSPS) is 28.2. The quantitative estimate of drug-likeness (QED) is 0.768. The number of hydrogen-bond acceptors (Lipinski definition) is 2. The van der Waals surface area contributed by atoms with Crippen molar-refractivity contribution in [3.8, 4) is 0 Å². The highest BCUT2D eigenvalue weighted by molar-refractivity contribution is 5.37. The second kappa shape index (κ2) is 3.67. The first-order valence-electron chi connectivity index (χ1n) is 5.78. The number of allylic oxidation sites excluding steroid dienone is 2. The summed E-state index contributed by atoms with van der Waals surface area (Å²) in [7, 11) is 1.76. The van der Waals surface area contributed by atoms with Gasteiger partial charge >= 0.3 is 0 Å². The predicted octanol–water partition coefficient (Wildman–Crippen LogP) is 2.83. The molecule has 0 aromatic heterocycles. The number of ether oxygens (including phenoxy) is 1. The Labute approximate surface area is 92.4 Å². The van der Waals surface area contributed by atoms with Crippen LogP contribution in [0.2, 0.25) is 0 Å². The summed E-state index contributed by atoms with van der Waals surface area (Å²) in [5, 5.41) is 3.34.